The van der Waals surface area contributed by atoms with E-state index in [4.69, 9.17) is 14.5 Å². The highest BCUT2D eigenvalue weighted by Crippen LogP contribution is 2.40. The standard InChI is InChI=1S/C40H43N3O5S2/c1-27(45)41-21-6-2-3-12-38(46)42-24-29-8-7-9-33(22-29)30-17-19-32(20-18-30)39-47-34(23-36(48-39)31-15-13-28(25-44)14-16-31)26-49-40-43-35-10-4-5-11-37(35)50-40/h4-5,7-11,13-20,22,34,36,39,44H,2-3,6,12,21,23-26H2,1H3,(H,41,45)(H,42,46)/t34-,36+,39+/m1/s1. The molecule has 3 N–H and O–H groups in total. The van der Waals surface area contributed by atoms with E-state index in [0.717, 1.165) is 68.3 Å². The van der Waals surface area contributed by atoms with Crippen molar-refractivity contribution in [2.45, 2.75) is 75.0 Å². The number of aliphatic hydroxyl groups is 1. The quantitative estimate of drug-likeness (QED) is 0.0745. The van der Waals surface area contributed by atoms with Crippen LogP contribution in [0.5, 0.6) is 0 Å². The first-order chi connectivity index (χ1) is 24.4. The fourth-order valence-electron chi connectivity index (χ4n) is 5.93. The summed E-state index contributed by atoms with van der Waals surface area (Å²) >= 11 is 3.43. The Balaban J connectivity index is 1.08. The maximum atomic E-state index is 12.4. The minimum Gasteiger partial charge on any atom is -0.392 e. The van der Waals surface area contributed by atoms with Crippen molar-refractivity contribution in [3.05, 3.63) is 119 Å². The lowest BCUT2D eigenvalue weighted by Gasteiger charge is -2.36. The van der Waals surface area contributed by atoms with Gasteiger partial charge in [0.2, 0.25) is 11.8 Å². The van der Waals surface area contributed by atoms with Gasteiger partial charge in [0, 0.05) is 44.2 Å². The number of benzene rings is 4. The Hall–Kier alpha value is -4.06. The zero-order valence-electron chi connectivity index (χ0n) is 28.2. The van der Waals surface area contributed by atoms with Crippen LogP contribution in [0.3, 0.4) is 0 Å². The molecule has 0 radical (unpaired) electrons. The molecule has 8 nitrogen and oxygen atoms in total. The molecule has 2 heterocycles. The number of carbonyl (C=O) groups is 2. The van der Waals surface area contributed by atoms with E-state index in [1.807, 2.05) is 54.6 Å². The minimum atomic E-state index is -0.534. The van der Waals surface area contributed by atoms with Gasteiger partial charge in [-0.15, -0.1) is 11.3 Å². The normalized spacial score (nSPS) is 17.4. The van der Waals surface area contributed by atoms with Crippen molar-refractivity contribution in [1.29, 1.82) is 0 Å². The summed E-state index contributed by atoms with van der Waals surface area (Å²) in [5, 5.41) is 15.4. The molecule has 6 rings (SSSR count). The van der Waals surface area contributed by atoms with Crippen LogP contribution < -0.4 is 10.6 Å². The number of carbonyl (C=O) groups excluding carboxylic acids is 2. The van der Waals surface area contributed by atoms with Crippen molar-refractivity contribution >= 4 is 45.1 Å². The molecule has 0 bridgehead atoms. The zero-order chi connectivity index (χ0) is 34.7. The number of aromatic nitrogens is 1. The van der Waals surface area contributed by atoms with Gasteiger partial charge in [-0.1, -0.05) is 97.0 Å². The van der Waals surface area contributed by atoms with Gasteiger partial charge in [0.05, 0.1) is 29.0 Å². The minimum absolute atomic E-state index is 0.00585. The molecule has 1 saturated heterocycles. The maximum absolute atomic E-state index is 12.4. The Bertz CT molecular complexity index is 1830. The summed E-state index contributed by atoms with van der Waals surface area (Å²) in [6.45, 7) is 2.64. The van der Waals surface area contributed by atoms with E-state index in [0.29, 0.717) is 25.9 Å². The summed E-state index contributed by atoms with van der Waals surface area (Å²) in [5.74, 6) is 0.765. The highest BCUT2D eigenvalue weighted by Gasteiger charge is 2.32. The molecule has 3 atom stereocenters. The number of amides is 2. The van der Waals surface area contributed by atoms with Crippen molar-refractivity contribution in [2.75, 3.05) is 12.3 Å². The summed E-state index contributed by atoms with van der Waals surface area (Å²) in [5.41, 5.74) is 7.07. The van der Waals surface area contributed by atoms with E-state index >= 15 is 0 Å². The molecular formula is C40H43N3O5S2. The second-order valence-electron chi connectivity index (χ2n) is 12.5. The van der Waals surface area contributed by atoms with Crippen molar-refractivity contribution in [2.24, 2.45) is 0 Å². The van der Waals surface area contributed by atoms with E-state index in [1.165, 1.54) is 11.6 Å². The molecule has 1 aliphatic rings. The predicted molar refractivity (Wildman–Crippen MR) is 200 cm³/mol. The van der Waals surface area contributed by atoms with Crippen LogP contribution >= 0.6 is 23.1 Å². The van der Waals surface area contributed by atoms with Gasteiger partial charge in [-0.3, -0.25) is 9.59 Å². The van der Waals surface area contributed by atoms with Crippen LogP contribution in [-0.4, -0.2) is 40.3 Å². The number of ether oxygens (including phenoxy) is 2. The number of nitrogens with zero attached hydrogens (tertiary/aromatic N) is 1. The second-order valence-corrected chi connectivity index (χ2v) is 14.8. The lowest BCUT2D eigenvalue weighted by molar-refractivity contribution is -0.245. The summed E-state index contributed by atoms with van der Waals surface area (Å²) in [7, 11) is 0. The molecule has 0 aliphatic carbocycles. The first-order valence-corrected chi connectivity index (χ1v) is 18.9. The lowest BCUT2D eigenvalue weighted by atomic mass is 9.99. The number of unbranched alkanes of at least 4 members (excludes halogenated alkanes) is 2. The van der Waals surface area contributed by atoms with Crippen LogP contribution in [0.15, 0.2) is 101 Å². The molecular weight excluding hydrogens is 667 g/mol. The molecule has 1 aliphatic heterocycles. The van der Waals surface area contributed by atoms with Gasteiger partial charge in [0.25, 0.3) is 0 Å². The average molecular weight is 710 g/mol. The summed E-state index contributed by atoms with van der Waals surface area (Å²) in [6.07, 6.45) is 3.02. The number of thioether (sulfide) groups is 1. The zero-order valence-corrected chi connectivity index (χ0v) is 29.8. The Morgan fingerprint density at radius 1 is 0.860 bits per heavy atom. The van der Waals surface area contributed by atoms with Crippen LogP contribution in [-0.2, 0) is 32.2 Å². The molecule has 1 aromatic heterocycles. The van der Waals surface area contributed by atoms with Gasteiger partial charge in [0.15, 0.2) is 10.6 Å². The number of rotatable bonds is 15. The molecule has 10 heteroatoms. The van der Waals surface area contributed by atoms with Crippen molar-refractivity contribution < 1.29 is 24.2 Å². The first kappa shape index (κ1) is 35.8. The molecule has 50 heavy (non-hydrogen) atoms. The lowest BCUT2D eigenvalue weighted by Crippen LogP contribution is -2.31. The molecule has 1 fully saturated rings. The van der Waals surface area contributed by atoms with Crippen LogP contribution in [0, 0.1) is 0 Å². The van der Waals surface area contributed by atoms with Gasteiger partial charge < -0.3 is 25.2 Å². The van der Waals surface area contributed by atoms with Crippen molar-refractivity contribution in [3.63, 3.8) is 0 Å². The number of fused-ring (bicyclic) bond motifs is 1. The van der Waals surface area contributed by atoms with Crippen molar-refractivity contribution in [1.82, 2.24) is 15.6 Å². The van der Waals surface area contributed by atoms with Gasteiger partial charge in [-0.25, -0.2) is 4.98 Å². The fraction of sp³-hybridized carbons (Fsp3) is 0.325. The molecule has 260 valence electrons. The van der Waals surface area contributed by atoms with E-state index in [-0.39, 0.29) is 30.6 Å². The van der Waals surface area contributed by atoms with E-state index in [1.54, 1.807) is 23.1 Å². The average Bonchev–Trinajstić information content (AvgIpc) is 3.58. The number of hydrogen-bond donors (Lipinski definition) is 3. The molecule has 4 aromatic carbocycles. The molecule has 0 unspecified atom stereocenters. The van der Waals surface area contributed by atoms with Crippen LogP contribution in [0.25, 0.3) is 21.3 Å². The molecule has 0 saturated carbocycles. The van der Waals surface area contributed by atoms with Crippen molar-refractivity contribution in [3.8, 4) is 11.1 Å². The largest absolute Gasteiger partial charge is 0.392 e. The highest BCUT2D eigenvalue weighted by atomic mass is 32.2. The Kier molecular flexibility index (Phi) is 12.7. The Morgan fingerprint density at radius 3 is 2.44 bits per heavy atom. The smallest absolute Gasteiger partial charge is 0.220 e. The second kappa shape index (κ2) is 17.7. The van der Waals surface area contributed by atoms with Gasteiger partial charge in [0.1, 0.15) is 0 Å². The summed E-state index contributed by atoms with van der Waals surface area (Å²) in [6, 6.07) is 32.7. The summed E-state index contributed by atoms with van der Waals surface area (Å²) in [4.78, 5) is 28.2. The molecule has 0 spiro atoms. The fourth-order valence-corrected chi connectivity index (χ4v) is 8.05. The first-order valence-electron chi connectivity index (χ1n) is 17.1. The third-order valence-corrected chi connectivity index (χ3v) is 11.0. The highest BCUT2D eigenvalue weighted by molar-refractivity contribution is 8.01. The third-order valence-electron chi connectivity index (χ3n) is 8.67. The topological polar surface area (TPSA) is 110 Å². The number of thiazole rings is 1. The molecule has 5 aromatic rings. The van der Waals surface area contributed by atoms with Crippen LogP contribution in [0.1, 0.15) is 73.7 Å². The number of nitrogens with one attached hydrogen (secondary N) is 2. The van der Waals surface area contributed by atoms with Crippen LogP contribution in [0.2, 0.25) is 0 Å². The number of aliphatic hydroxyl groups excluding tert-OH is 1. The number of para-hydroxylation sites is 1. The van der Waals surface area contributed by atoms with Gasteiger partial charge >= 0.3 is 0 Å². The van der Waals surface area contributed by atoms with Gasteiger partial charge in [-0.05, 0) is 58.9 Å². The number of hydrogen-bond acceptors (Lipinski definition) is 8. The Morgan fingerprint density at radius 2 is 1.66 bits per heavy atom. The van der Waals surface area contributed by atoms with E-state index in [9.17, 15) is 14.7 Å². The van der Waals surface area contributed by atoms with E-state index in [2.05, 4.69) is 53.1 Å². The van der Waals surface area contributed by atoms with Crippen LogP contribution in [0.4, 0.5) is 0 Å². The monoisotopic (exact) mass is 709 g/mol. The molecule has 2 amide bonds. The van der Waals surface area contributed by atoms with Gasteiger partial charge in [-0.2, -0.15) is 0 Å². The Labute approximate surface area is 301 Å². The maximum Gasteiger partial charge on any atom is 0.220 e. The summed E-state index contributed by atoms with van der Waals surface area (Å²) < 4.78 is 15.4. The predicted octanol–water partition coefficient (Wildman–Crippen LogP) is 8.11. The SMILES string of the molecule is CC(=O)NCCCCCC(=O)NCc1cccc(-c2ccc([C@H]3O[C@@H](CSc4nc5ccccc5s4)C[C@@H](c4ccc(CO)cc4)O3)cc2)c1. The third kappa shape index (κ3) is 10.0. The van der Waals surface area contributed by atoms with E-state index < -0.39 is 6.29 Å².